The Labute approximate surface area is 95.6 Å². The lowest BCUT2D eigenvalue weighted by atomic mass is 10.2. The molecule has 1 rings (SSSR count). The zero-order valence-electron chi connectivity index (χ0n) is 8.75. The number of hydrogen-bond donors (Lipinski definition) is 2. The lowest BCUT2D eigenvalue weighted by Gasteiger charge is -2.13. The predicted molar refractivity (Wildman–Crippen MR) is 54.0 cm³/mol. The molecule has 0 unspecified atom stereocenters. The molecular weight excluding hydrogens is 237 g/mol. The van der Waals surface area contributed by atoms with E-state index in [1.165, 1.54) is 18.2 Å². The number of para-hydroxylation sites is 1. The molecule has 0 saturated carbocycles. The van der Waals surface area contributed by atoms with Crippen molar-refractivity contribution >= 4 is 5.91 Å². The molecule has 0 aliphatic rings. The fourth-order valence-electron chi connectivity index (χ4n) is 1.19. The summed E-state index contributed by atoms with van der Waals surface area (Å²) in [7, 11) is 0. The second kappa shape index (κ2) is 5.53. The highest BCUT2D eigenvalue weighted by molar-refractivity contribution is 5.75. The van der Waals surface area contributed by atoms with Crippen molar-refractivity contribution in [2.75, 3.05) is 6.54 Å². The molecule has 0 fully saturated rings. The van der Waals surface area contributed by atoms with Gasteiger partial charge in [0.25, 0.3) is 0 Å². The summed E-state index contributed by atoms with van der Waals surface area (Å²) in [6, 6.07) is 5.67. The number of halogens is 3. The molecule has 3 N–H and O–H groups in total. The number of ether oxygens (including phenoxy) is 1. The van der Waals surface area contributed by atoms with E-state index in [0.29, 0.717) is 5.56 Å². The Morgan fingerprint density at radius 1 is 1.35 bits per heavy atom. The van der Waals surface area contributed by atoms with Crippen LogP contribution in [0.3, 0.4) is 0 Å². The van der Waals surface area contributed by atoms with E-state index in [0.717, 1.165) is 0 Å². The van der Waals surface area contributed by atoms with Crippen LogP contribution in [0.25, 0.3) is 0 Å². The number of alkyl halides is 3. The maximum absolute atomic E-state index is 12.1. The fourth-order valence-corrected chi connectivity index (χ4v) is 1.19. The maximum Gasteiger partial charge on any atom is 0.573 e. The Morgan fingerprint density at radius 2 is 2.00 bits per heavy atom. The molecule has 7 heteroatoms. The first kappa shape index (κ1) is 13.3. The molecule has 0 saturated heterocycles. The van der Waals surface area contributed by atoms with Crippen LogP contribution in [0.5, 0.6) is 5.75 Å². The van der Waals surface area contributed by atoms with Crippen LogP contribution in [0.4, 0.5) is 13.2 Å². The third-order valence-electron chi connectivity index (χ3n) is 1.81. The van der Waals surface area contributed by atoms with Gasteiger partial charge in [0.05, 0.1) is 6.54 Å². The number of nitrogens with two attached hydrogens (primary N) is 1. The molecule has 1 aromatic carbocycles. The van der Waals surface area contributed by atoms with Crippen molar-refractivity contribution in [1.29, 1.82) is 0 Å². The largest absolute Gasteiger partial charge is 0.573 e. The van der Waals surface area contributed by atoms with E-state index in [2.05, 4.69) is 10.1 Å². The highest BCUT2D eigenvalue weighted by Crippen LogP contribution is 2.25. The van der Waals surface area contributed by atoms with Gasteiger partial charge in [-0.1, -0.05) is 18.2 Å². The van der Waals surface area contributed by atoms with E-state index in [9.17, 15) is 18.0 Å². The number of carbonyl (C=O) groups excluding carboxylic acids is 1. The summed E-state index contributed by atoms with van der Waals surface area (Å²) in [4.78, 5) is 10.5. The van der Waals surface area contributed by atoms with Crippen molar-refractivity contribution in [3.8, 4) is 5.75 Å². The minimum atomic E-state index is -4.74. The highest BCUT2D eigenvalue weighted by atomic mass is 19.4. The summed E-state index contributed by atoms with van der Waals surface area (Å²) in [5.41, 5.74) is 5.18. The normalized spacial score (nSPS) is 11.2. The Balaban J connectivity index is 2.67. The molecule has 0 spiro atoms. The molecular formula is C10H11F3N2O2. The minimum absolute atomic E-state index is 0.0647. The van der Waals surface area contributed by atoms with E-state index in [1.54, 1.807) is 6.07 Å². The first-order valence-corrected chi connectivity index (χ1v) is 4.71. The van der Waals surface area contributed by atoms with Crippen LogP contribution in [-0.4, -0.2) is 18.8 Å². The fraction of sp³-hybridized carbons (Fsp3) is 0.300. The zero-order valence-corrected chi connectivity index (χ0v) is 8.75. The third-order valence-corrected chi connectivity index (χ3v) is 1.81. The average molecular weight is 248 g/mol. The van der Waals surface area contributed by atoms with Gasteiger partial charge >= 0.3 is 6.36 Å². The molecule has 94 valence electrons. The molecule has 0 heterocycles. The van der Waals surface area contributed by atoms with Crippen LogP contribution >= 0.6 is 0 Å². The topological polar surface area (TPSA) is 64.4 Å². The molecule has 0 radical (unpaired) electrons. The van der Waals surface area contributed by atoms with Gasteiger partial charge in [-0.25, -0.2) is 0 Å². The third kappa shape index (κ3) is 5.21. The van der Waals surface area contributed by atoms with Crippen LogP contribution in [0.1, 0.15) is 5.56 Å². The van der Waals surface area contributed by atoms with Gasteiger partial charge in [-0.2, -0.15) is 0 Å². The van der Waals surface area contributed by atoms with Crippen molar-refractivity contribution in [2.24, 2.45) is 5.73 Å². The van der Waals surface area contributed by atoms with E-state index >= 15 is 0 Å². The van der Waals surface area contributed by atoms with E-state index in [4.69, 9.17) is 5.73 Å². The first-order valence-electron chi connectivity index (χ1n) is 4.71. The SMILES string of the molecule is NC(=O)CNCc1ccccc1OC(F)(F)F. The molecule has 1 aromatic rings. The van der Waals surface area contributed by atoms with E-state index in [-0.39, 0.29) is 18.8 Å². The Bertz CT molecular complexity index is 393. The predicted octanol–water partition coefficient (Wildman–Crippen LogP) is 1.16. The molecule has 17 heavy (non-hydrogen) atoms. The quantitative estimate of drug-likeness (QED) is 0.821. The summed E-state index contributed by atoms with van der Waals surface area (Å²) in [6.45, 7) is -0.0461. The lowest BCUT2D eigenvalue weighted by molar-refractivity contribution is -0.274. The summed E-state index contributed by atoms with van der Waals surface area (Å²) in [5, 5.41) is 2.61. The highest BCUT2D eigenvalue weighted by Gasteiger charge is 2.31. The molecule has 0 bridgehead atoms. The van der Waals surface area contributed by atoms with Gasteiger partial charge in [0.1, 0.15) is 5.75 Å². The van der Waals surface area contributed by atoms with Gasteiger partial charge in [-0.15, -0.1) is 13.2 Å². The summed E-state index contributed by atoms with van der Waals surface area (Å²) in [6.07, 6.45) is -4.74. The van der Waals surface area contributed by atoms with Crippen LogP contribution < -0.4 is 15.8 Å². The van der Waals surface area contributed by atoms with Crippen molar-refractivity contribution in [1.82, 2.24) is 5.32 Å². The summed E-state index contributed by atoms with van der Waals surface area (Å²) < 4.78 is 40.0. The monoisotopic (exact) mass is 248 g/mol. The number of hydrogen-bond acceptors (Lipinski definition) is 3. The molecule has 0 atom stereocenters. The average Bonchev–Trinajstić information content (AvgIpc) is 2.17. The maximum atomic E-state index is 12.1. The van der Waals surface area contributed by atoms with Crippen LogP contribution in [0.2, 0.25) is 0 Å². The standard InChI is InChI=1S/C10H11F3N2O2/c11-10(12,13)17-8-4-2-1-3-7(8)5-15-6-9(14)16/h1-4,15H,5-6H2,(H2,14,16). The van der Waals surface area contributed by atoms with Crippen LogP contribution in [-0.2, 0) is 11.3 Å². The van der Waals surface area contributed by atoms with Crippen LogP contribution in [0, 0.1) is 0 Å². The van der Waals surface area contributed by atoms with Gasteiger partial charge in [-0.05, 0) is 6.07 Å². The van der Waals surface area contributed by atoms with Crippen molar-refractivity contribution in [3.63, 3.8) is 0 Å². The summed E-state index contributed by atoms with van der Waals surface area (Å²) >= 11 is 0. The van der Waals surface area contributed by atoms with Gasteiger partial charge in [-0.3, -0.25) is 4.79 Å². The number of nitrogens with one attached hydrogen (secondary N) is 1. The number of benzene rings is 1. The van der Waals surface area contributed by atoms with Crippen LogP contribution in [0.15, 0.2) is 24.3 Å². The Kier molecular flexibility index (Phi) is 4.33. The molecule has 0 aromatic heterocycles. The van der Waals surface area contributed by atoms with Crippen molar-refractivity contribution in [2.45, 2.75) is 12.9 Å². The summed E-state index contributed by atoms with van der Waals surface area (Å²) in [5.74, 6) is -0.879. The van der Waals surface area contributed by atoms with Gasteiger partial charge < -0.3 is 15.8 Å². The Hall–Kier alpha value is -1.76. The first-order chi connectivity index (χ1) is 7.88. The van der Waals surface area contributed by atoms with Crippen molar-refractivity contribution in [3.05, 3.63) is 29.8 Å². The molecule has 0 aliphatic carbocycles. The Morgan fingerprint density at radius 3 is 2.59 bits per heavy atom. The second-order valence-corrected chi connectivity index (χ2v) is 3.23. The number of carbonyl (C=O) groups is 1. The minimum Gasteiger partial charge on any atom is -0.405 e. The zero-order chi connectivity index (χ0) is 12.9. The van der Waals surface area contributed by atoms with E-state index < -0.39 is 12.3 Å². The number of rotatable bonds is 5. The van der Waals surface area contributed by atoms with E-state index in [1.807, 2.05) is 0 Å². The van der Waals surface area contributed by atoms with Gasteiger partial charge in [0.15, 0.2) is 0 Å². The number of primary amides is 1. The smallest absolute Gasteiger partial charge is 0.405 e. The molecule has 1 amide bonds. The molecule has 4 nitrogen and oxygen atoms in total. The van der Waals surface area contributed by atoms with Gasteiger partial charge in [0, 0.05) is 12.1 Å². The number of amides is 1. The van der Waals surface area contributed by atoms with Gasteiger partial charge in [0.2, 0.25) is 5.91 Å². The molecule has 0 aliphatic heterocycles. The van der Waals surface area contributed by atoms with Crippen molar-refractivity contribution < 1.29 is 22.7 Å². The second-order valence-electron chi connectivity index (χ2n) is 3.23. The lowest BCUT2D eigenvalue weighted by Crippen LogP contribution is -2.28.